The zero-order valence-corrected chi connectivity index (χ0v) is 10.5. The first-order valence-electron chi connectivity index (χ1n) is 5.63. The summed E-state index contributed by atoms with van der Waals surface area (Å²) in [6, 6.07) is 2.22. The van der Waals surface area contributed by atoms with Crippen LogP contribution < -0.4 is 11.3 Å². The number of hydrogen-bond acceptors (Lipinski definition) is 4. The third kappa shape index (κ3) is 3.04. The van der Waals surface area contributed by atoms with Gasteiger partial charge in [0, 0.05) is 26.3 Å². The van der Waals surface area contributed by atoms with Crippen LogP contribution in [0.2, 0.25) is 0 Å². The normalized spacial score (nSPS) is 15.1. The Labute approximate surface area is 96.9 Å². The molecule has 2 atom stereocenters. The fourth-order valence-corrected chi connectivity index (χ4v) is 1.69. The molecule has 0 saturated carbocycles. The van der Waals surface area contributed by atoms with Crippen molar-refractivity contribution in [3.05, 3.63) is 17.5 Å². The fourth-order valence-electron chi connectivity index (χ4n) is 1.69. The summed E-state index contributed by atoms with van der Waals surface area (Å²) in [5, 5.41) is 4.41. The van der Waals surface area contributed by atoms with Crippen LogP contribution in [0, 0.1) is 0 Å². The van der Waals surface area contributed by atoms with E-state index in [1.54, 1.807) is 7.11 Å². The van der Waals surface area contributed by atoms with Crippen LogP contribution in [0.25, 0.3) is 0 Å². The molecule has 0 aliphatic rings. The molecule has 0 aromatic carbocycles. The molecule has 5 heteroatoms. The van der Waals surface area contributed by atoms with Crippen LogP contribution in [-0.4, -0.2) is 29.0 Å². The second-order valence-electron chi connectivity index (χ2n) is 4.02. The molecular weight excluding hydrogens is 204 g/mol. The number of nitrogens with zero attached hydrogens (tertiary/aromatic N) is 2. The molecule has 0 bridgehead atoms. The first-order chi connectivity index (χ1) is 7.62. The van der Waals surface area contributed by atoms with Crippen molar-refractivity contribution in [3.8, 4) is 0 Å². The second kappa shape index (κ2) is 5.98. The van der Waals surface area contributed by atoms with E-state index in [9.17, 15) is 0 Å². The lowest BCUT2D eigenvalue weighted by Gasteiger charge is -2.21. The predicted octanol–water partition coefficient (Wildman–Crippen LogP) is 0.392. The highest BCUT2D eigenvalue weighted by Crippen LogP contribution is 2.09. The molecule has 16 heavy (non-hydrogen) atoms. The average molecular weight is 226 g/mol. The maximum absolute atomic E-state index is 5.53. The van der Waals surface area contributed by atoms with E-state index in [0.29, 0.717) is 0 Å². The molecule has 5 nitrogen and oxygen atoms in total. The van der Waals surface area contributed by atoms with E-state index in [2.05, 4.69) is 23.5 Å². The molecular formula is C11H22N4O. The highest BCUT2D eigenvalue weighted by Gasteiger charge is 2.17. The Morgan fingerprint density at radius 2 is 2.31 bits per heavy atom. The zero-order valence-electron chi connectivity index (χ0n) is 10.5. The van der Waals surface area contributed by atoms with Gasteiger partial charge in [0.1, 0.15) is 0 Å². The summed E-state index contributed by atoms with van der Waals surface area (Å²) in [6.07, 6.45) is 1.84. The number of nitrogens with one attached hydrogen (secondary N) is 1. The van der Waals surface area contributed by atoms with E-state index in [-0.39, 0.29) is 12.1 Å². The van der Waals surface area contributed by atoms with Crippen LogP contribution >= 0.6 is 0 Å². The summed E-state index contributed by atoms with van der Waals surface area (Å²) < 4.78 is 7.18. The summed E-state index contributed by atoms with van der Waals surface area (Å²) in [4.78, 5) is 0. The van der Waals surface area contributed by atoms with Crippen molar-refractivity contribution in [3.63, 3.8) is 0 Å². The summed E-state index contributed by atoms with van der Waals surface area (Å²) in [7, 11) is 3.65. The van der Waals surface area contributed by atoms with Crippen LogP contribution in [-0.2, 0) is 24.6 Å². The van der Waals surface area contributed by atoms with Crippen LogP contribution in [0.1, 0.15) is 25.2 Å². The predicted molar refractivity (Wildman–Crippen MR) is 63.9 cm³/mol. The molecule has 1 aromatic rings. The molecule has 0 radical (unpaired) electrons. The van der Waals surface area contributed by atoms with Crippen LogP contribution in [0.4, 0.5) is 0 Å². The lowest BCUT2D eigenvalue weighted by atomic mass is 10.1. The van der Waals surface area contributed by atoms with Gasteiger partial charge in [0.15, 0.2) is 0 Å². The molecule has 0 saturated heterocycles. The van der Waals surface area contributed by atoms with E-state index in [4.69, 9.17) is 10.6 Å². The van der Waals surface area contributed by atoms with Gasteiger partial charge in [-0.2, -0.15) is 5.10 Å². The minimum absolute atomic E-state index is 0.0741. The zero-order chi connectivity index (χ0) is 12.1. The number of methoxy groups -OCH3 is 1. The maximum atomic E-state index is 5.53. The average Bonchev–Trinajstić information content (AvgIpc) is 2.66. The van der Waals surface area contributed by atoms with Gasteiger partial charge < -0.3 is 4.74 Å². The number of rotatable bonds is 6. The standard InChI is InChI=1S/C11H22N4O/c1-5-9-6-10(15(3)14-9)7-11(13-12)8(2)16-4/h6,8,11,13H,5,7,12H2,1-4H3. The topological polar surface area (TPSA) is 65.1 Å². The quantitative estimate of drug-likeness (QED) is 0.544. The fraction of sp³-hybridized carbons (Fsp3) is 0.727. The minimum atomic E-state index is 0.0741. The Kier molecular flexibility index (Phi) is 4.92. The molecule has 2 unspecified atom stereocenters. The van der Waals surface area contributed by atoms with E-state index in [1.807, 2.05) is 18.7 Å². The maximum Gasteiger partial charge on any atom is 0.0713 e. The van der Waals surface area contributed by atoms with Crippen molar-refractivity contribution >= 4 is 0 Å². The third-order valence-electron chi connectivity index (χ3n) is 2.97. The number of aryl methyl sites for hydroxylation is 2. The van der Waals surface area contributed by atoms with Crippen molar-refractivity contribution in [2.75, 3.05) is 7.11 Å². The van der Waals surface area contributed by atoms with Gasteiger partial charge in [-0.25, -0.2) is 0 Å². The monoisotopic (exact) mass is 226 g/mol. The molecule has 0 spiro atoms. The van der Waals surface area contributed by atoms with Crippen molar-refractivity contribution in [1.82, 2.24) is 15.2 Å². The van der Waals surface area contributed by atoms with Gasteiger partial charge in [-0.3, -0.25) is 16.0 Å². The van der Waals surface area contributed by atoms with E-state index >= 15 is 0 Å². The molecule has 92 valence electrons. The van der Waals surface area contributed by atoms with Gasteiger partial charge in [0.05, 0.1) is 17.8 Å². The Bertz CT molecular complexity index is 324. The molecule has 0 fully saturated rings. The Hall–Kier alpha value is -0.910. The Balaban J connectivity index is 2.73. The third-order valence-corrected chi connectivity index (χ3v) is 2.97. The number of ether oxygens (including phenoxy) is 1. The van der Waals surface area contributed by atoms with Crippen molar-refractivity contribution < 1.29 is 4.74 Å². The lowest BCUT2D eigenvalue weighted by Crippen LogP contribution is -2.45. The molecule has 1 rings (SSSR count). The molecule has 1 heterocycles. The number of hydrogen-bond donors (Lipinski definition) is 2. The molecule has 1 aromatic heterocycles. The lowest BCUT2D eigenvalue weighted by molar-refractivity contribution is 0.0825. The molecule has 0 aliphatic carbocycles. The van der Waals surface area contributed by atoms with E-state index < -0.39 is 0 Å². The summed E-state index contributed by atoms with van der Waals surface area (Å²) in [5.74, 6) is 5.53. The first-order valence-corrected chi connectivity index (χ1v) is 5.63. The van der Waals surface area contributed by atoms with E-state index in [0.717, 1.165) is 18.5 Å². The van der Waals surface area contributed by atoms with Gasteiger partial charge in [0.25, 0.3) is 0 Å². The number of nitrogens with two attached hydrogens (primary N) is 1. The molecule has 0 aliphatic heterocycles. The highest BCUT2D eigenvalue weighted by atomic mass is 16.5. The van der Waals surface area contributed by atoms with Gasteiger partial charge in [-0.15, -0.1) is 0 Å². The van der Waals surface area contributed by atoms with Crippen LogP contribution in [0.3, 0.4) is 0 Å². The number of hydrazine groups is 1. The van der Waals surface area contributed by atoms with Gasteiger partial charge in [-0.1, -0.05) is 6.92 Å². The van der Waals surface area contributed by atoms with Gasteiger partial charge >= 0.3 is 0 Å². The first kappa shape index (κ1) is 13.2. The van der Waals surface area contributed by atoms with Crippen LogP contribution in [0.15, 0.2) is 6.07 Å². The Morgan fingerprint density at radius 1 is 1.62 bits per heavy atom. The van der Waals surface area contributed by atoms with E-state index in [1.165, 1.54) is 5.69 Å². The summed E-state index contributed by atoms with van der Waals surface area (Å²) in [6.45, 7) is 4.10. The largest absolute Gasteiger partial charge is 0.380 e. The van der Waals surface area contributed by atoms with Gasteiger partial charge in [-0.05, 0) is 19.4 Å². The van der Waals surface area contributed by atoms with Crippen LogP contribution in [0.5, 0.6) is 0 Å². The SMILES string of the molecule is CCc1cc(CC(NN)C(C)OC)n(C)n1. The van der Waals surface area contributed by atoms with Crippen molar-refractivity contribution in [2.45, 2.75) is 38.8 Å². The summed E-state index contributed by atoms with van der Waals surface area (Å²) >= 11 is 0. The Morgan fingerprint density at radius 3 is 2.75 bits per heavy atom. The van der Waals surface area contributed by atoms with Crippen molar-refractivity contribution in [2.24, 2.45) is 12.9 Å². The second-order valence-corrected chi connectivity index (χ2v) is 4.02. The van der Waals surface area contributed by atoms with Crippen molar-refractivity contribution in [1.29, 1.82) is 0 Å². The molecule has 0 amide bonds. The molecule has 3 N–H and O–H groups in total. The minimum Gasteiger partial charge on any atom is -0.380 e. The smallest absolute Gasteiger partial charge is 0.0713 e. The highest BCUT2D eigenvalue weighted by molar-refractivity contribution is 5.11. The summed E-state index contributed by atoms with van der Waals surface area (Å²) in [5.41, 5.74) is 5.07. The number of aromatic nitrogens is 2. The van der Waals surface area contributed by atoms with Gasteiger partial charge in [0.2, 0.25) is 0 Å².